The van der Waals surface area contributed by atoms with E-state index in [1.54, 1.807) is 18.3 Å². The summed E-state index contributed by atoms with van der Waals surface area (Å²) in [6, 6.07) is 24.2. The summed E-state index contributed by atoms with van der Waals surface area (Å²) >= 11 is 5.46. The molecule has 0 aliphatic heterocycles. The molecule has 26 nitrogen and oxygen atoms in total. The quantitative estimate of drug-likeness (QED) is 0.0109. The molecule has 0 aliphatic rings. The average molecular weight is 1750 g/mol. The largest absolute Gasteiger partial charge is 1.00 e. The van der Waals surface area contributed by atoms with E-state index in [1.807, 2.05) is 9.44 Å². The van der Waals surface area contributed by atoms with Gasteiger partial charge in [0.1, 0.15) is 62.6 Å². The van der Waals surface area contributed by atoms with Gasteiger partial charge in [0.05, 0.1) is 59.8 Å². The summed E-state index contributed by atoms with van der Waals surface area (Å²) in [5.41, 5.74) is -4.73. The topological polar surface area (TPSA) is 376 Å². The summed E-state index contributed by atoms with van der Waals surface area (Å²) < 4.78 is 248. The number of anilines is 2. The van der Waals surface area contributed by atoms with E-state index in [9.17, 15) is 97.5 Å². The van der Waals surface area contributed by atoms with Crippen molar-refractivity contribution in [2.45, 2.75) is 37.8 Å². The van der Waals surface area contributed by atoms with Crippen LogP contribution in [0.4, 0.5) is 72.8 Å². The smallest absolute Gasteiger partial charge is 1.00 e. The number of benzene rings is 2. The molecule has 0 saturated carbocycles. The molecule has 622 valence electrons. The van der Waals surface area contributed by atoms with Gasteiger partial charge in [0.2, 0.25) is 49.5 Å². The van der Waals surface area contributed by atoms with Crippen molar-refractivity contribution in [1.29, 1.82) is 0 Å². The zero-order chi connectivity index (χ0) is 88.1. The van der Waals surface area contributed by atoms with Gasteiger partial charge in [-0.3, -0.25) is 39.0 Å². The Morgan fingerprint density at radius 3 is 1.02 bits per heavy atom. The second-order valence-electron chi connectivity index (χ2n) is 22.9. The standard InChI is InChI=1S/2C24H18F4N4O4S.C14H9F3N2O3.C9H5ClF3NO2.C5H5NO.Na.H/c2*1-3-16-11-15(12-19(25)22(16)32-37(2,34)35)13-30-21(33)9-7-17-6-8-20(24(26,27)28)31-23(17)36-18-5-4-10-29-14-18;15-14(16,17)11-5-3-9(4-6-12(20)21)13(19-11)22-10-2-1-7-18-8-10;10-8-5(2-4-7(15)16)1-3-6(14-8)9(11,12)13;7-5-2-1-3-6-4-5;;/h2*1,4-12,14,32H,13H2,2H3,(H,30,33);1-8H,(H,20,21);1-4H,(H,15,16);1-4,7H;;/q;;;;;+1;-1/b2*9-7+;6-4+;4-2+;;;. The van der Waals surface area contributed by atoms with Crippen LogP contribution in [0, 0.1) is 36.3 Å². The molecule has 44 heteroatoms. The van der Waals surface area contributed by atoms with Crippen LogP contribution in [0.1, 0.15) is 68.7 Å². The number of terminal acetylenes is 2. The number of nitrogens with one attached hydrogen (secondary N) is 4. The van der Waals surface area contributed by atoms with Crippen LogP contribution in [0.3, 0.4) is 0 Å². The zero-order valence-corrected chi connectivity index (χ0v) is 65.6. The number of carbonyl (C=O) groups is 4. The predicted molar refractivity (Wildman–Crippen MR) is 403 cm³/mol. The van der Waals surface area contributed by atoms with Gasteiger partial charge in [-0.15, -0.1) is 12.8 Å². The number of alkyl halides is 12. The van der Waals surface area contributed by atoms with Crippen molar-refractivity contribution in [3.63, 3.8) is 0 Å². The molecule has 0 spiro atoms. The number of carboxylic acid groups (broad SMARTS) is 2. The zero-order valence-electron chi connectivity index (χ0n) is 62.2. The van der Waals surface area contributed by atoms with Crippen molar-refractivity contribution in [1.82, 2.24) is 50.5 Å². The normalized spacial score (nSPS) is 11.4. The molecular formula is C76H56ClF14N12NaO14S2. The van der Waals surface area contributed by atoms with Gasteiger partial charge < -0.3 is 41.6 Å². The molecule has 8 aromatic heterocycles. The monoisotopic (exact) mass is 1750 g/mol. The minimum absolute atomic E-state index is 0. The molecule has 0 aliphatic carbocycles. The molecule has 0 atom stereocenters. The number of aromatic nitrogens is 8. The van der Waals surface area contributed by atoms with Gasteiger partial charge in [-0.25, -0.2) is 55.1 Å². The summed E-state index contributed by atoms with van der Waals surface area (Å²) in [5, 5.41) is 30.0. The van der Waals surface area contributed by atoms with Gasteiger partial charge in [0.25, 0.3) is 0 Å². The molecule has 0 fully saturated rings. The molecule has 8 heterocycles. The van der Waals surface area contributed by atoms with E-state index in [-0.39, 0.29) is 117 Å². The number of ether oxygens (including phenoxy) is 3. The van der Waals surface area contributed by atoms with E-state index < -0.39 is 131 Å². The van der Waals surface area contributed by atoms with E-state index in [0.29, 0.717) is 0 Å². The first-order valence-corrected chi connectivity index (χ1v) is 36.5. The molecule has 0 unspecified atom stereocenters. The maximum absolute atomic E-state index is 14.4. The van der Waals surface area contributed by atoms with Gasteiger partial charge in [0.15, 0.2) is 0 Å². The molecule has 0 radical (unpaired) electrons. The van der Waals surface area contributed by atoms with Crippen LogP contribution in [-0.2, 0) is 77.0 Å². The molecular weight excluding hydrogens is 1690 g/mol. The average Bonchev–Trinajstić information content (AvgIpc) is 0.827. The first kappa shape index (κ1) is 97.2. The second-order valence-corrected chi connectivity index (χ2v) is 26.8. The first-order chi connectivity index (χ1) is 55.8. The van der Waals surface area contributed by atoms with Gasteiger partial charge in [-0.2, -0.15) is 52.7 Å². The fraction of sp³-hybridized carbons (Fsp3) is 0.105. The van der Waals surface area contributed by atoms with Crippen LogP contribution in [0.25, 0.3) is 24.3 Å². The van der Waals surface area contributed by atoms with E-state index in [4.69, 9.17) is 54.0 Å². The van der Waals surface area contributed by atoms with Crippen molar-refractivity contribution >= 4 is 91.1 Å². The van der Waals surface area contributed by atoms with Gasteiger partial charge >= 0.3 is 66.2 Å². The van der Waals surface area contributed by atoms with Gasteiger partial charge in [-0.1, -0.05) is 23.4 Å². The number of hydrogen-bond acceptors (Lipinski definition) is 20. The summed E-state index contributed by atoms with van der Waals surface area (Å²) in [6.45, 7) is -0.365. The summed E-state index contributed by atoms with van der Waals surface area (Å²) in [6.07, 6.45) is 13.1. The van der Waals surface area contributed by atoms with E-state index in [1.165, 1.54) is 104 Å². The Morgan fingerprint density at radius 1 is 0.467 bits per heavy atom. The van der Waals surface area contributed by atoms with Crippen LogP contribution in [-0.4, -0.2) is 108 Å². The minimum Gasteiger partial charge on any atom is -1.00 e. The molecule has 2 aromatic carbocycles. The van der Waals surface area contributed by atoms with Crippen molar-refractivity contribution in [3.05, 3.63) is 279 Å². The van der Waals surface area contributed by atoms with Gasteiger partial charge in [-0.05, 0) is 157 Å². The van der Waals surface area contributed by atoms with Crippen molar-refractivity contribution in [2.75, 3.05) is 22.0 Å². The van der Waals surface area contributed by atoms with Crippen molar-refractivity contribution in [2.24, 2.45) is 0 Å². The van der Waals surface area contributed by atoms with Crippen molar-refractivity contribution in [3.8, 4) is 65.3 Å². The maximum Gasteiger partial charge on any atom is 1.00 e. The molecule has 120 heavy (non-hydrogen) atoms. The third-order valence-electron chi connectivity index (χ3n) is 13.7. The summed E-state index contributed by atoms with van der Waals surface area (Å²) in [5.74, 6) is -1.84. The second kappa shape index (κ2) is 44.3. The Kier molecular flexibility index (Phi) is 35.8. The number of carbonyl (C=O) groups excluding carboxylic acids is 2. The Morgan fingerprint density at radius 2 is 0.767 bits per heavy atom. The van der Waals surface area contributed by atoms with E-state index in [0.717, 1.165) is 110 Å². The first-order valence-electron chi connectivity index (χ1n) is 32.4. The molecule has 0 saturated heterocycles. The number of carboxylic acids is 2. The number of hydrogen-bond donors (Lipinski definition) is 7. The van der Waals surface area contributed by atoms with Crippen LogP contribution >= 0.6 is 11.6 Å². The summed E-state index contributed by atoms with van der Waals surface area (Å²) in [4.78, 5) is 73.9. The number of pyridine rings is 8. The van der Waals surface area contributed by atoms with Crippen LogP contribution in [0.15, 0.2) is 195 Å². The Balaban J connectivity index is 0.000000341. The van der Waals surface area contributed by atoms with Gasteiger partial charge in [0, 0.05) is 84.4 Å². The third-order valence-corrected chi connectivity index (χ3v) is 15.1. The Bertz CT molecular complexity index is 5500. The van der Waals surface area contributed by atoms with Crippen LogP contribution < -0.4 is 63.8 Å². The molecule has 10 aromatic rings. The predicted octanol–water partition coefficient (Wildman–Crippen LogP) is 12.4. The number of halogens is 15. The minimum atomic E-state index is -4.72. The fourth-order valence-corrected chi connectivity index (χ4v) is 9.95. The number of nitrogens with zero attached hydrogens (tertiary/aromatic N) is 8. The Labute approximate surface area is 699 Å². The molecule has 2 amide bonds. The molecule has 7 N–H and O–H groups in total. The molecule has 0 bridgehead atoms. The Hall–Kier alpha value is -13.4. The van der Waals surface area contributed by atoms with Crippen molar-refractivity contribution < 1.29 is 158 Å². The number of aliphatic carboxylic acids is 2. The number of sulfonamides is 2. The molecule has 10 rings (SSSR count). The van der Waals surface area contributed by atoms with E-state index >= 15 is 0 Å². The number of amides is 2. The number of rotatable bonds is 22. The summed E-state index contributed by atoms with van der Waals surface area (Å²) in [7, 11) is -7.57. The third kappa shape index (κ3) is 33.7. The SMILES string of the molecule is C#Cc1cc(CNC(=O)/C=C/c2ccc(C(F)(F)F)nc2Oc2cccnc2)cc(F)c1NS(C)(=O)=O.C#Cc1cc(CNC(=O)/C=C/c2ccc(C(F)(F)F)nc2Oc2cccnc2)cc(F)c1NS(C)(=O)=O.O=C(O)/C=C/c1ccc(C(F)(F)F)nc1Cl.O=C(O)/C=C/c1ccc(C(F)(F)F)nc1Oc1cccnc1.Oc1cccnc1.[H-].[Na+]. The number of aromatic hydroxyl groups is 1. The fourth-order valence-electron chi connectivity index (χ4n) is 8.58. The van der Waals surface area contributed by atoms with Crippen LogP contribution in [0.5, 0.6) is 40.6 Å². The maximum atomic E-state index is 14.4. The van der Waals surface area contributed by atoms with E-state index in [2.05, 4.69) is 62.3 Å². The van der Waals surface area contributed by atoms with Crippen LogP contribution in [0.2, 0.25) is 5.15 Å².